The van der Waals surface area contributed by atoms with Gasteiger partial charge in [-0.05, 0) is 18.4 Å². The molecule has 0 aliphatic carbocycles. The smallest absolute Gasteiger partial charge is 0.405 e. The van der Waals surface area contributed by atoms with Gasteiger partial charge < -0.3 is 20.5 Å². The molecular formula is C18H22N2O5. The second-order valence-electron chi connectivity index (χ2n) is 5.73. The zero-order chi connectivity index (χ0) is 18.1. The Kier molecular flexibility index (Phi) is 7.00. The topological polar surface area (TPSA) is 105 Å². The van der Waals surface area contributed by atoms with Crippen LogP contribution >= 0.6 is 0 Å². The lowest BCUT2D eigenvalue weighted by Crippen LogP contribution is -2.41. The van der Waals surface area contributed by atoms with E-state index in [0.717, 1.165) is 5.56 Å². The molecule has 0 unspecified atom stereocenters. The van der Waals surface area contributed by atoms with Gasteiger partial charge in [0.2, 0.25) is 5.91 Å². The summed E-state index contributed by atoms with van der Waals surface area (Å²) in [5.41, 5.74) is 0.928. The fraction of sp³-hybridized carbons (Fsp3) is 0.389. The molecule has 3 N–H and O–H groups in total. The molecule has 0 bridgehead atoms. The Bertz CT molecular complexity index is 630. The molecule has 0 aromatic heterocycles. The van der Waals surface area contributed by atoms with Gasteiger partial charge in [0.15, 0.2) is 0 Å². The van der Waals surface area contributed by atoms with E-state index in [0.29, 0.717) is 19.3 Å². The minimum Gasteiger partial charge on any atom is -0.465 e. The predicted molar refractivity (Wildman–Crippen MR) is 90.8 cm³/mol. The van der Waals surface area contributed by atoms with Crippen molar-refractivity contribution in [3.8, 4) is 0 Å². The van der Waals surface area contributed by atoms with Crippen molar-refractivity contribution in [2.45, 2.75) is 37.8 Å². The first-order chi connectivity index (χ1) is 12.1. The zero-order valence-corrected chi connectivity index (χ0v) is 13.8. The van der Waals surface area contributed by atoms with Crippen LogP contribution in [0.25, 0.3) is 0 Å². The average Bonchev–Trinajstić information content (AvgIpc) is 2.60. The number of nitrogens with one attached hydrogen (secondary N) is 2. The highest BCUT2D eigenvalue weighted by Crippen LogP contribution is 2.17. The van der Waals surface area contributed by atoms with Crippen molar-refractivity contribution in [3.63, 3.8) is 0 Å². The number of esters is 1. The van der Waals surface area contributed by atoms with Gasteiger partial charge in [0.1, 0.15) is 6.04 Å². The molecular weight excluding hydrogens is 324 g/mol. The summed E-state index contributed by atoms with van der Waals surface area (Å²) >= 11 is 0. The molecule has 25 heavy (non-hydrogen) atoms. The fourth-order valence-electron chi connectivity index (χ4n) is 2.58. The van der Waals surface area contributed by atoms with Crippen molar-refractivity contribution in [2.75, 3.05) is 6.61 Å². The van der Waals surface area contributed by atoms with Gasteiger partial charge in [-0.1, -0.05) is 42.5 Å². The summed E-state index contributed by atoms with van der Waals surface area (Å²) < 4.78 is 5.21. The van der Waals surface area contributed by atoms with Crippen molar-refractivity contribution >= 4 is 18.0 Å². The number of carboxylic acid groups (broad SMARTS) is 1. The summed E-state index contributed by atoms with van der Waals surface area (Å²) in [6, 6.07) is 8.23. The molecule has 7 nitrogen and oxygen atoms in total. The fourth-order valence-corrected chi connectivity index (χ4v) is 2.58. The number of cyclic esters (lactones) is 1. The maximum atomic E-state index is 12.1. The van der Waals surface area contributed by atoms with Crippen molar-refractivity contribution < 1.29 is 24.2 Å². The van der Waals surface area contributed by atoms with E-state index in [1.807, 2.05) is 30.3 Å². The Balaban J connectivity index is 2.10. The number of benzene rings is 1. The molecule has 0 fully saturated rings. The van der Waals surface area contributed by atoms with Crippen molar-refractivity contribution in [1.82, 2.24) is 10.6 Å². The monoisotopic (exact) mass is 346 g/mol. The van der Waals surface area contributed by atoms with Crippen LogP contribution in [0.5, 0.6) is 0 Å². The first-order valence-corrected chi connectivity index (χ1v) is 8.21. The average molecular weight is 346 g/mol. The van der Waals surface area contributed by atoms with E-state index in [-0.39, 0.29) is 25.0 Å². The second-order valence-corrected chi connectivity index (χ2v) is 5.73. The summed E-state index contributed by atoms with van der Waals surface area (Å²) in [5.74, 6) is -0.700. The van der Waals surface area contributed by atoms with Gasteiger partial charge in [0.05, 0.1) is 12.6 Å². The van der Waals surface area contributed by atoms with E-state index >= 15 is 0 Å². The van der Waals surface area contributed by atoms with E-state index in [4.69, 9.17) is 9.84 Å². The van der Waals surface area contributed by atoms with Crippen LogP contribution in [-0.4, -0.2) is 35.7 Å². The molecule has 1 aromatic rings. The van der Waals surface area contributed by atoms with E-state index in [9.17, 15) is 14.4 Å². The van der Waals surface area contributed by atoms with Crippen LogP contribution in [0.1, 0.15) is 37.3 Å². The number of allylic oxidation sites excluding steroid dienone is 1. The van der Waals surface area contributed by atoms with Gasteiger partial charge in [-0.25, -0.2) is 9.59 Å². The molecule has 1 aliphatic rings. The van der Waals surface area contributed by atoms with Gasteiger partial charge in [0.25, 0.3) is 0 Å². The highest BCUT2D eigenvalue weighted by Gasteiger charge is 2.22. The Morgan fingerprint density at radius 2 is 1.96 bits per heavy atom. The minimum atomic E-state index is -1.28. The molecule has 0 radical (unpaired) electrons. The number of carbonyl (C=O) groups is 3. The summed E-state index contributed by atoms with van der Waals surface area (Å²) in [4.78, 5) is 35.0. The van der Waals surface area contributed by atoms with Crippen molar-refractivity contribution in [2.24, 2.45) is 0 Å². The SMILES string of the molecule is O=C(O)N[C@@H]1CC=CCCC(=O)N[C@H](c2ccccc2)CCOC1=O. The predicted octanol–water partition coefficient (Wildman–Crippen LogP) is 2.15. The Hall–Kier alpha value is -2.83. The van der Waals surface area contributed by atoms with Crippen molar-refractivity contribution in [3.05, 3.63) is 48.0 Å². The van der Waals surface area contributed by atoms with Crippen molar-refractivity contribution in [1.29, 1.82) is 0 Å². The zero-order valence-electron chi connectivity index (χ0n) is 13.8. The summed E-state index contributed by atoms with van der Waals surface area (Å²) in [6.45, 7) is 0.0835. The van der Waals surface area contributed by atoms with Crippen LogP contribution in [0.15, 0.2) is 42.5 Å². The Morgan fingerprint density at radius 1 is 1.20 bits per heavy atom. The van der Waals surface area contributed by atoms with Crippen LogP contribution in [-0.2, 0) is 14.3 Å². The summed E-state index contributed by atoms with van der Waals surface area (Å²) in [7, 11) is 0. The van der Waals surface area contributed by atoms with E-state index in [1.54, 1.807) is 12.2 Å². The Labute approximate surface area is 146 Å². The molecule has 2 atom stereocenters. The lowest BCUT2D eigenvalue weighted by Gasteiger charge is -2.20. The van der Waals surface area contributed by atoms with Crippen LogP contribution in [0.3, 0.4) is 0 Å². The third-order valence-electron chi connectivity index (χ3n) is 3.85. The number of rotatable bonds is 2. The van der Waals surface area contributed by atoms with E-state index in [2.05, 4.69) is 10.6 Å². The molecule has 134 valence electrons. The number of hydrogen-bond donors (Lipinski definition) is 3. The van der Waals surface area contributed by atoms with E-state index < -0.39 is 18.1 Å². The lowest BCUT2D eigenvalue weighted by atomic mass is 10.0. The van der Waals surface area contributed by atoms with Gasteiger partial charge >= 0.3 is 12.1 Å². The first-order valence-electron chi connectivity index (χ1n) is 8.21. The highest BCUT2D eigenvalue weighted by atomic mass is 16.5. The summed E-state index contributed by atoms with van der Waals surface area (Å²) in [5, 5.41) is 14.0. The van der Waals surface area contributed by atoms with Gasteiger partial charge in [-0.15, -0.1) is 0 Å². The number of hydrogen-bond acceptors (Lipinski definition) is 4. The maximum Gasteiger partial charge on any atom is 0.405 e. The maximum absolute atomic E-state index is 12.1. The van der Waals surface area contributed by atoms with E-state index in [1.165, 1.54) is 0 Å². The van der Waals surface area contributed by atoms with Crippen LogP contribution in [0, 0.1) is 0 Å². The normalized spacial score (nSPS) is 22.6. The number of ether oxygens (including phenoxy) is 1. The van der Waals surface area contributed by atoms with Gasteiger partial charge in [-0.3, -0.25) is 4.79 Å². The lowest BCUT2D eigenvalue weighted by molar-refractivity contribution is -0.146. The molecule has 1 aromatic carbocycles. The summed E-state index contributed by atoms with van der Waals surface area (Å²) in [6.07, 6.45) is 3.61. The highest BCUT2D eigenvalue weighted by molar-refractivity contribution is 5.81. The molecule has 0 spiro atoms. The van der Waals surface area contributed by atoms with Gasteiger partial charge in [-0.2, -0.15) is 0 Å². The first kappa shape index (κ1) is 18.5. The molecule has 7 heteroatoms. The molecule has 1 aliphatic heterocycles. The van der Waals surface area contributed by atoms with Crippen LogP contribution in [0.2, 0.25) is 0 Å². The third kappa shape index (κ3) is 6.29. The molecule has 2 amide bonds. The largest absolute Gasteiger partial charge is 0.465 e. The van der Waals surface area contributed by atoms with Crippen LogP contribution < -0.4 is 10.6 Å². The van der Waals surface area contributed by atoms with Crippen LogP contribution in [0.4, 0.5) is 4.79 Å². The standard InChI is InChI=1S/C18H22N2O5/c21-16-10-6-2-5-9-15(20-18(23)24)17(22)25-12-11-14(19-16)13-7-3-1-4-8-13/h1-5,7-8,14-15,20H,6,9-12H2,(H,19,21)(H,23,24)/t14-,15+/m0/s1. The number of amides is 2. The molecule has 1 heterocycles. The molecule has 2 rings (SSSR count). The number of carbonyl (C=O) groups excluding carboxylic acids is 2. The minimum absolute atomic E-state index is 0.0794. The quantitative estimate of drug-likeness (QED) is 0.562. The molecule has 0 saturated heterocycles. The van der Waals surface area contributed by atoms with Gasteiger partial charge in [0, 0.05) is 12.8 Å². The molecule has 0 saturated carbocycles. The Morgan fingerprint density at radius 3 is 2.68 bits per heavy atom. The second kappa shape index (κ2) is 9.46. The third-order valence-corrected chi connectivity index (χ3v) is 3.85.